The molecule has 0 radical (unpaired) electrons. The van der Waals surface area contributed by atoms with Crippen LogP contribution in [0.2, 0.25) is 0 Å². The highest BCUT2D eigenvalue weighted by Gasteiger charge is 2.77. The molecule has 2 bridgehead atoms. The molecule has 3 unspecified atom stereocenters. The molecule has 1 spiro atoms. The van der Waals surface area contributed by atoms with Gasteiger partial charge in [-0.2, -0.15) is 0 Å². The Kier molecular flexibility index (Phi) is 10.5. The minimum atomic E-state index is -1.14. The van der Waals surface area contributed by atoms with Gasteiger partial charge in [0, 0.05) is 30.2 Å². The Balaban J connectivity index is 1.71. The number of unbranched alkanes of at least 4 members (excludes halogenated alkanes) is 4. The summed E-state index contributed by atoms with van der Waals surface area (Å²) in [6.45, 7) is 12.6. The maximum Gasteiger partial charge on any atom is 0.312 e. The molecular weight excluding hydrogens is 588 g/mol. The molecule has 3 fully saturated rings. The van der Waals surface area contributed by atoms with E-state index in [0.717, 1.165) is 36.1 Å². The molecular formula is C32H43BrN2O6. The molecule has 3 aliphatic rings. The van der Waals surface area contributed by atoms with Crippen LogP contribution in [-0.2, 0) is 23.9 Å². The fraction of sp³-hybridized carbons (Fsp3) is 0.594. The number of carbonyl (C=O) groups excluding carboxylic acids is 3. The van der Waals surface area contributed by atoms with Crippen LogP contribution in [0.1, 0.15) is 56.1 Å². The molecule has 2 amide bonds. The van der Waals surface area contributed by atoms with Crippen LogP contribution in [0, 0.1) is 25.7 Å². The van der Waals surface area contributed by atoms with E-state index >= 15 is 0 Å². The fourth-order valence-corrected chi connectivity index (χ4v) is 7.70. The van der Waals surface area contributed by atoms with E-state index in [1.165, 1.54) is 0 Å². The SMILES string of the molecule is C=CCCCOC(=O)[C@H]1[C@H]2C(=O)N(CCCCCCO)C(C(=O)N(CC=C)c3cc(C)ccc3C)C23CC(Br)[C@@H]1O3. The topological polar surface area (TPSA) is 96.4 Å². The summed E-state index contributed by atoms with van der Waals surface area (Å²) >= 11 is 3.72. The van der Waals surface area contributed by atoms with Gasteiger partial charge in [-0.05, 0) is 63.1 Å². The zero-order valence-electron chi connectivity index (χ0n) is 24.2. The number of fused-ring (bicyclic) bond motifs is 1. The number of amides is 2. The summed E-state index contributed by atoms with van der Waals surface area (Å²) < 4.78 is 12.3. The van der Waals surface area contributed by atoms with E-state index in [1.807, 2.05) is 32.0 Å². The summed E-state index contributed by atoms with van der Waals surface area (Å²) in [5, 5.41) is 9.18. The molecule has 3 saturated heterocycles. The van der Waals surface area contributed by atoms with E-state index in [4.69, 9.17) is 9.47 Å². The van der Waals surface area contributed by atoms with Crippen molar-refractivity contribution in [2.24, 2.45) is 11.8 Å². The fourth-order valence-electron chi connectivity index (χ4n) is 6.76. The van der Waals surface area contributed by atoms with E-state index in [9.17, 15) is 19.5 Å². The third kappa shape index (κ3) is 6.04. The number of anilines is 1. The first kappa shape index (κ1) is 31.4. The van der Waals surface area contributed by atoms with Gasteiger partial charge in [0.05, 0.1) is 24.5 Å². The van der Waals surface area contributed by atoms with Crippen LogP contribution in [0.25, 0.3) is 0 Å². The normalized spacial score (nSPS) is 28.0. The Morgan fingerprint density at radius 1 is 1.20 bits per heavy atom. The van der Waals surface area contributed by atoms with Crippen molar-refractivity contribution in [1.82, 2.24) is 4.90 Å². The summed E-state index contributed by atoms with van der Waals surface area (Å²) in [6, 6.07) is 5.08. The molecule has 0 aliphatic carbocycles. The number of hydrogen-bond donors (Lipinski definition) is 1. The molecule has 3 heterocycles. The number of halogens is 1. The van der Waals surface area contributed by atoms with Gasteiger partial charge in [-0.25, -0.2) is 0 Å². The number of likely N-dealkylation sites (tertiary alicyclic amines) is 1. The van der Waals surface area contributed by atoms with Gasteiger partial charge < -0.3 is 24.4 Å². The van der Waals surface area contributed by atoms with Gasteiger partial charge in [-0.3, -0.25) is 14.4 Å². The van der Waals surface area contributed by atoms with Crippen LogP contribution in [0.3, 0.4) is 0 Å². The number of benzene rings is 1. The summed E-state index contributed by atoms with van der Waals surface area (Å²) in [4.78, 5) is 45.5. The molecule has 224 valence electrons. The Labute approximate surface area is 251 Å². The Morgan fingerprint density at radius 2 is 1.95 bits per heavy atom. The molecule has 0 aromatic heterocycles. The average Bonchev–Trinajstić information content (AvgIpc) is 3.54. The van der Waals surface area contributed by atoms with Gasteiger partial charge in [0.15, 0.2) is 0 Å². The minimum absolute atomic E-state index is 0.125. The molecule has 1 N–H and O–H groups in total. The lowest BCUT2D eigenvalue weighted by Crippen LogP contribution is -2.57. The van der Waals surface area contributed by atoms with Crippen molar-refractivity contribution >= 4 is 39.4 Å². The predicted octanol–water partition coefficient (Wildman–Crippen LogP) is 4.63. The lowest BCUT2D eigenvalue weighted by Gasteiger charge is -2.37. The molecule has 1 aromatic rings. The first-order valence-electron chi connectivity index (χ1n) is 14.7. The third-order valence-electron chi connectivity index (χ3n) is 8.63. The molecule has 6 atom stereocenters. The average molecular weight is 632 g/mol. The van der Waals surface area contributed by atoms with Crippen LogP contribution in [-0.4, -0.2) is 76.7 Å². The van der Waals surface area contributed by atoms with E-state index in [-0.39, 0.29) is 36.4 Å². The Hall–Kier alpha value is -2.49. The number of rotatable bonds is 15. The van der Waals surface area contributed by atoms with Crippen molar-refractivity contribution in [2.75, 3.05) is 31.2 Å². The third-order valence-corrected chi connectivity index (χ3v) is 9.48. The number of carbonyl (C=O) groups is 3. The highest BCUT2D eigenvalue weighted by molar-refractivity contribution is 9.09. The van der Waals surface area contributed by atoms with Crippen molar-refractivity contribution in [3.63, 3.8) is 0 Å². The van der Waals surface area contributed by atoms with Crippen LogP contribution in [0.4, 0.5) is 5.69 Å². The quantitative estimate of drug-likeness (QED) is 0.131. The molecule has 9 heteroatoms. The Bertz CT molecular complexity index is 1160. The zero-order chi connectivity index (χ0) is 29.7. The Morgan fingerprint density at radius 3 is 2.66 bits per heavy atom. The maximum atomic E-state index is 14.7. The van der Waals surface area contributed by atoms with Crippen LogP contribution in [0.15, 0.2) is 43.5 Å². The summed E-state index contributed by atoms with van der Waals surface area (Å²) in [6.07, 6.45) is 7.76. The number of nitrogens with zero attached hydrogens (tertiary/aromatic N) is 2. The van der Waals surface area contributed by atoms with Crippen LogP contribution < -0.4 is 4.90 Å². The van der Waals surface area contributed by atoms with Crippen LogP contribution >= 0.6 is 15.9 Å². The van der Waals surface area contributed by atoms with Gasteiger partial charge in [-0.15, -0.1) is 13.2 Å². The standard InChI is InChI=1S/C32H43BrN2O6/c1-5-7-12-18-40-31(39)25-26-29(37)35(16-10-8-9-11-17-36)28(32(26)20-23(33)27(25)41-32)30(38)34(15-6-2)24-19-21(3)13-14-22(24)4/h5-6,13-14,19,23,25-28,36H,1-2,7-12,15-18,20H2,3-4H3/t23?,25-,26-,27-,28?,32?/m0/s1. The van der Waals surface area contributed by atoms with Crippen molar-refractivity contribution in [3.8, 4) is 0 Å². The number of aryl methyl sites for hydroxylation is 2. The van der Waals surface area contributed by atoms with E-state index in [2.05, 4.69) is 29.1 Å². The molecule has 0 saturated carbocycles. The van der Waals surface area contributed by atoms with Crippen molar-refractivity contribution in [1.29, 1.82) is 0 Å². The maximum absolute atomic E-state index is 14.7. The van der Waals surface area contributed by atoms with E-state index in [1.54, 1.807) is 22.0 Å². The second-order valence-corrected chi connectivity index (χ2v) is 12.6. The first-order chi connectivity index (χ1) is 19.7. The summed E-state index contributed by atoms with van der Waals surface area (Å²) in [5.74, 6) is -2.47. The van der Waals surface area contributed by atoms with Gasteiger partial charge in [0.1, 0.15) is 11.6 Å². The number of aliphatic hydroxyl groups excluding tert-OH is 1. The van der Waals surface area contributed by atoms with E-state index in [0.29, 0.717) is 32.2 Å². The predicted molar refractivity (Wildman–Crippen MR) is 162 cm³/mol. The lowest BCUT2D eigenvalue weighted by atomic mass is 9.70. The second kappa shape index (κ2) is 13.7. The van der Waals surface area contributed by atoms with Crippen molar-refractivity contribution in [2.45, 2.75) is 81.4 Å². The smallest absolute Gasteiger partial charge is 0.312 e. The van der Waals surface area contributed by atoms with Gasteiger partial charge in [0.2, 0.25) is 5.91 Å². The number of alkyl halides is 1. The summed E-state index contributed by atoms with van der Waals surface area (Å²) in [5.41, 5.74) is 1.59. The number of hydrogen-bond acceptors (Lipinski definition) is 6. The van der Waals surface area contributed by atoms with E-state index < -0.39 is 35.6 Å². The van der Waals surface area contributed by atoms with Gasteiger partial charge in [0.25, 0.3) is 5.91 Å². The highest BCUT2D eigenvalue weighted by atomic mass is 79.9. The van der Waals surface area contributed by atoms with Crippen molar-refractivity contribution < 1.29 is 29.0 Å². The number of ether oxygens (including phenoxy) is 2. The number of allylic oxidation sites excluding steroid dienone is 1. The first-order valence-corrected chi connectivity index (χ1v) is 15.6. The summed E-state index contributed by atoms with van der Waals surface area (Å²) in [7, 11) is 0. The molecule has 4 rings (SSSR count). The van der Waals surface area contributed by atoms with Crippen LogP contribution in [0.5, 0.6) is 0 Å². The molecule has 8 nitrogen and oxygen atoms in total. The highest BCUT2D eigenvalue weighted by Crippen LogP contribution is 2.60. The molecule has 41 heavy (non-hydrogen) atoms. The molecule has 3 aliphatic heterocycles. The number of esters is 1. The van der Waals surface area contributed by atoms with Crippen molar-refractivity contribution in [3.05, 3.63) is 54.6 Å². The minimum Gasteiger partial charge on any atom is -0.465 e. The van der Waals surface area contributed by atoms with Gasteiger partial charge >= 0.3 is 5.97 Å². The lowest BCUT2D eigenvalue weighted by molar-refractivity contribution is -0.155. The monoisotopic (exact) mass is 630 g/mol. The largest absolute Gasteiger partial charge is 0.465 e. The zero-order valence-corrected chi connectivity index (χ0v) is 25.8. The molecule has 1 aromatic carbocycles. The number of aliphatic hydroxyl groups is 1. The van der Waals surface area contributed by atoms with Gasteiger partial charge in [-0.1, -0.05) is 53.1 Å². The second-order valence-electron chi connectivity index (χ2n) is 11.5.